The van der Waals surface area contributed by atoms with Crippen LogP contribution in [-0.4, -0.2) is 25.3 Å². The molecule has 0 spiro atoms. The predicted octanol–water partition coefficient (Wildman–Crippen LogP) is 2.30. The number of halogens is 1. The van der Waals surface area contributed by atoms with Gasteiger partial charge in [-0.1, -0.05) is 0 Å². The van der Waals surface area contributed by atoms with Crippen molar-refractivity contribution in [2.75, 3.05) is 14.2 Å². The smallest absolute Gasteiger partial charge is 0.336 e. The molecule has 0 aliphatic heterocycles. The molecule has 1 aromatic rings. The molecule has 82 valence electrons. The minimum Gasteiger partial charge on any atom is -0.496 e. The van der Waals surface area contributed by atoms with Crippen LogP contribution in [0.5, 0.6) is 5.75 Å². The zero-order chi connectivity index (χ0) is 11.4. The maximum atomic E-state index is 10.9. The zero-order valence-corrected chi connectivity index (χ0v) is 10.00. The molecule has 0 aliphatic carbocycles. The standard InChI is InChI=1S/C10H11BrO4/c1-14-5-6-3-9(15-2)8(11)4-7(6)10(12)13/h3-4H,5H2,1-2H3,(H,12,13). The minimum absolute atomic E-state index is 0.213. The van der Waals surface area contributed by atoms with Crippen LogP contribution in [0.2, 0.25) is 0 Å². The fourth-order valence-electron chi connectivity index (χ4n) is 1.23. The molecular formula is C10H11BrO4. The Labute approximate surface area is 95.9 Å². The highest BCUT2D eigenvalue weighted by molar-refractivity contribution is 9.10. The summed E-state index contributed by atoms with van der Waals surface area (Å²) in [6.45, 7) is 0.241. The van der Waals surface area contributed by atoms with Crippen LogP contribution in [0.4, 0.5) is 0 Å². The summed E-state index contributed by atoms with van der Waals surface area (Å²) in [6.07, 6.45) is 0. The van der Waals surface area contributed by atoms with Crippen LogP contribution >= 0.6 is 15.9 Å². The summed E-state index contributed by atoms with van der Waals surface area (Å²) in [5.41, 5.74) is 0.801. The Morgan fingerprint density at radius 2 is 2.13 bits per heavy atom. The van der Waals surface area contributed by atoms with Gasteiger partial charge in [0.1, 0.15) is 5.75 Å². The lowest BCUT2D eigenvalue weighted by Crippen LogP contribution is -2.04. The van der Waals surface area contributed by atoms with E-state index in [1.807, 2.05) is 0 Å². The quantitative estimate of drug-likeness (QED) is 0.916. The number of carboxylic acid groups (broad SMARTS) is 1. The molecule has 1 aromatic carbocycles. The van der Waals surface area contributed by atoms with Gasteiger partial charge in [0.05, 0.1) is 23.8 Å². The largest absolute Gasteiger partial charge is 0.496 e. The Balaban J connectivity index is 3.25. The van der Waals surface area contributed by atoms with Crippen molar-refractivity contribution in [3.05, 3.63) is 27.7 Å². The molecule has 15 heavy (non-hydrogen) atoms. The third-order valence-corrected chi connectivity index (χ3v) is 2.53. The number of methoxy groups -OCH3 is 2. The molecular weight excluding hydrogens is 264 g/mol. The Bertz CT molecular complexity index is 376. The van der Waals surface area contributed by atoms with Crippen molar-refractivity contribution in [1.29, 1.82) is 0 Å². The van der Waals surface area contributed by atoms with Gasteiger partial charge in [-0.2, -0.15) is 0 Å². The van der Waals surface area contributed by atoms with E-state index in [0.29, 0.717) is 15.8 Å². The third kappa shape index (κ3) is 2.70. The number of hydrogen-bond donors (Lipinski definition) is 1. The van der Waals surface area contributed by atoms with Crippen LogP contribution < -0.4 is 4.74 Å². The molecule has 0 heterocycles. The van der Waals surface area contributed by atoms with E-state index < -0.39 is 5.97 Å². The molecule has 0 fully saturated rings. The second kappa shape index (κ2) is 5.14. The van der Waals surface area contributed by atoms with Gasteiger partial charge in [0.15, 0.2) is 0 Å². The van der Waals surface area contributed by atoms with Crippen molar-refractivity contribution < 1.29 is 19.4 Å². The van der Waals surface area contributed by atoms with Gasteiger partial charge in [0.2, 0.25) is 0 Å². The average molecular weight is 275 g/mol. The van der Waals surface area contributed by atoms with E-state index in [1.54, 1.807) is 6.07 Å². The first-order valence-corrected chi connectivity index (χ1v) is 4.98. The SMILES string of the molecule is COCc1cc(OC)c(Br)cc1C(=O)O. The molecule has 1 N–H and O–H groups in total. The second-order valence-corrected chi connectivity index (χ2v) is 3.74. The number of benzene rings is 1. The number of carbonyl (C=O) groups is 1. The second-order valence-electron chi connectivity index (χ2n) is 2.88. The van der Waals surface area contributed by atoms with Crippen molar-refractivity contribution >= 4 is 21.9 Å². The molecule has 0 unspecified atom stereocenters. The Hall–Kier alpha value is -1.07. The highest BCUT2D eigenvalue weighted by atomic mass is 79.9. The van der Waals surface area contributed by atoms with Crippen LogP contribution in [-0.2, 0) is 11.3 Å². The first-order chi connectivity index (χ1) is 7.10. The number of aromatic carboxylic acids is 1. The normalized spacial score (nSPS) is 10.1. The van der Waals surface area contributed by atoms with Crippen LogP contribution in [0.1, 0.15) is 15.9 Å². The summed E-state index contributed by atoms with van der Waals surface area (Å²) in [5.74, 6) is -0.391. The lowest BCUT2D eigenvalue weighted by atomic mass is 10.1. The first-order valence-electron chi connectivity index (χ1n) is 4.18. The minimum atomic E-state index is -0.981. The highest BCUT2D eigenvalue weighted by Crippen LogP contribution is 2.29. The Kier molecular flexibility index (Phi) is 4.11. The Morgan fingerprint density at radius 1 is 1.47 bits per heavy atom. The summed E-state index contributed by atoms with van der Waals surface area (Å²) < 4.78 is 10.6. The molecule has 0 aromatic heterocycles. The van der Waals surface area contributed by atoms with Crippen molar-refractivity contribution in [2.45, 2.75) is 6.61 Å². The van der Waals surface area contributed by atoms with Crippen LogP contribution in [0, 0.1) is 0 Å². The van der Waals surface area contributed by atoms with Gasteiger partial charge in [-0.15, -0.1) is 0 Å². The topological polar surface area (TPSA) is 55.8 Å². The molecule has 4 nitrogen and oxygen atoms in total. The predicted molar refractivity (Wildman–Crippen MR) is 58.4 cm³/mol. The third-order valence-electron chi connectivity index (χ3n) is 1.91. The highest BCUT2D eigenvalue weighted by Gasteiger charge is 2.13. The lowest BCUT2D eigenvalue weighted by molar-refractivity contribution is 0.0691. The maximum Gasteiger partial charge on any atom is 0.336 e. The van der Waals surface area contributed by atoms with E-state index in [0.717, 1.165) is 0 Å². The van der Waals surface area contributed by atoms with Crippen LogP contribution in [0.15, 0.2) is 16.6 Å². The summed E-state index contributed by atoms with van der Waals surface area (Å²) in [6, 6.07) is 3.16. The molecule has 0 bridgehead atoms. The average Bonchev–Trinajstić information content (AvgIpc) is 2.20. The summed E-state index contributed by atoms with van der Waals surface area (Å²) in [4.78, 5) is 10.9. The van der Waals surface area contributed by atoms with Crippen LogP contribution in [0.3, 0.4) is 0 Å². The number of ether oxygens (including phenoxy) is 2. The van der Waals surface area contributed by atoms with Crippen LogP contribution in [0.25, 0.3) is 0 Å². The summed E-state index contributed by atoms with van der Waals surface area (Å²) >= 11 is 3.23. The number of hydrogen-bond acceptors (Lipinski definition) is 3. The van der Waals surface area contributed by atoms with E-state index in [2.05, 4.69) is 15.9 Å². The van der Waals surface area contributed by atoms with Crippen molar-refractivity contribution in [2.24, 2.45) is 0 Å². The molecule has 0 aliphatic rings. The zero-order valence-electron chi connectivity index (χ0n) is 8.41. The van der Waals surface area contributed by atoms with Gasteiger partial charge in [-0.05, 0) is 33.6 Å². The van der Waals surface area contributed by atoms with Gasteiger partial charge in [0, 0.05) is 7.11 Å². The molecule has 0 radical (unpaired) electrons. The van der Waals surface area contributed by atoms with E-state index in [-0.39, 0.29) is 12.2 Å². The summed E-state index contributed by atoms with van der Waals surface area (Å²) in [5, 5.41) is 8.96. The van der Waals surface area contributed by atoms with Gasteiger partial charge in [-0.3, -0.25) is 0 Å². The van der Waals surface area contributed by atoms with Gasteiger partial charge in [-0.25, -0.2) is 4.79 Å². The number of rotatable bonds is 4. The van der Waals surface area contributed by atoms with E-state index in [9.17, 15) is 4.79 Å². The summed E-state index contributed by atoms with van der Waals surface area (Å²) in [7, 11) is 3.04. The van der Waals surface area contributed by atoms with E-state index in [4.69, 9.17) is 14.6 Å². The number of carboxylic acids is 1. The fraction of sp³-hybridized carbons (Fsp3) is 0.300. The van der Waals surface area contributed by atoms with Gasteiger partial charge < -0.3 is 14.6 Å². The lowest BCUT2D eigenvalue weighted by Gasteiger charge is -2.09. The Morgan fingerprint density at radius 3 is 2.60 bits per heavy atom. The molecule has 0 amide bonds. The van der Waals surface area contributed by atoms with Crippen molar-refractivity contribution in [1.82, 2.24) is 0 Å². The molecule has 0 saturated carbocycles. The maximum absolute atomic E-state index is 10.9. The van der Waals surface area contributed by atoms with E-state index >= 15 is 0 Å². The van der Waals surface area contributed by atoms with Crippen molar-refractivity contribution in [3.8, 4) is 5.75 Å². The fourth-order valence-corrected chi connectivity index (χ4v) is 1.73. The molecule has 0 atom stereocenters. The van der Waals surface area contributed by atoms with Gasteiger partial charge in [0.25, 0.3) is 0 Å². The molecule has 0 saturated heterocycles. The molecule has 5 heteroatoms. The first kappa shape index (κ1) is 12.0. The van der Waals surface area contributed by atoms with Gasteiger partial charge >= 0.3 is 5.97 Å². The van der Waals surface area contributed by atoms with E-state index in [1.165, 1.54) is 20.3 Å². The van der Waals surface area contributed by atoms with Crippen molar-refractivity contribution in [3.63, 3.8) is 0 Å². The molecule has 1 rings (SSSR count). The monoisotopic (exact) mass is 274 g/mol.